The molecule has 4 rings (SSSR count). The van der Waals surface area contributed by atoms with Crippen LogP contribution >= 0.6 is 0 Å². The maximum atomic E-state index is 13.1. The first kappa shape index (κ1) is 18.2. The van der Waals surface area contributed by atoms with Gasteiger partial charge in [-0.1, -0.05) is 6.07 Å². The fourth-order valence-corrected chi connectivity index (χ4v) is 4.19. The maximum Gasteiger partial charge on any atom is 0.307 e. The normalized spacial score (nSPS) is 16.0. The third-order valence-electron chi connectivity index (χ3n) is 5.62. The molecule has 0 saturated carbocycles. The van der Waals surface area contributed by atoms with Gasteiger partial charge in [0.1, 0.15) is 5.82 Å². The Balaban J connectivity index is 1.65. The third kappa shape index (κ3) is 3.15. The highest BCUT2D eigenvalue weighted by Gasteiger charge is 2.30. The lowest BCUT2D eigenvalue weighted by atomic mass is 9.89. The molecule has 1 aliphatic carbocycles. The smallest absolute Gasteiger partial charge is 0.307 e. The molecule has 0 spiro atoms. The standard InChI is InChI=1S/C22H21FN2O3/c1-24(22(28)14-5-7-15(23)8-6-14)16-9-10-17-18(13-21(26)27)19-4-2-3-11-25(19)20(17)12-16/h2-8,11,16H,9-10,12-13H2,1H3,(H,26,27)/t16-/m1/s1. The zero-order valence-electron chi connectivity index (χ0n) is 15.6. The van der Waals surface area contributed by atoms with E-state index in [1.165, 1.54) is 24.3 Å². The average molecular weight is 380 g/mol. The number of carbonyl (C=O) groups is 2. The molecule has 28 heavy (non-hydrogen) atoms. The predicted molar refractivity (Wildman–Crippen MR) is 103 cm³/mol. The highest BCUT2D eigenvalue weighted by atomic mass is 19.1. The van der Waals surface area contributed by atoms with Gasteiger partial charge in [0.15, 0.2) is 0 Å². The van der Waals surface area contributed by atoms with Crippen molar-refractivity contribution >= 4 is 17.4 Å². The van der Waals surface area contributed by atoms with Crippen molar-refractivity contribution in [3.63, 3.8) is 0 Å². The SMILES string of the molecule is CN(C(=O)c1ccc(F)cc1)[C@@H]1CCc2c(CC(=O)O)c3ccccn3c2C1. The lowest BCUT2D eigenvalue weighted by Gasteiger charge is -2.32. The highest BCUT2D eigenvalue weighted by Crippen LogP contribution is 2.32. The van der Waals surface area contributed by atoms with Gasteiger partial charge in [0.05, 0.1) is 6.42 Å². The lowest BCUT2D eigenvalue weighted by Crippen LogP contribution is -2.40. The van der Waals surface area contributed by atoms with Gasteiger partial charge in [-0.2, -0.15) is 0 Å². The Hall–Kier alpha value is -3.15. The summed E-state index contributed by atoms with van der Waals surface area (Å²) in [6, 6.07) is 11.4. The van der Waals surface area contributed by atoms with Gasteiger partial charge < -0.3 is 14.4 Å². The number of hydrogen-bond donors (Lipinski definition) is 1. The second kappa shape index (κ2) is 7.11. The summed E-state index contributed by atoms with van der Waals surface area (Å²) in [4.78, 5) is 25.9. The molecule has 2 aromatic heterocycles. The van der Waals surface area contributed by atoms with Gasteiger partial charge in [-0.15, -0.1) is 0 Å². The van der Waals surface area contributed by atoms with Crippen LogP contribution in [-0.2, 0) is 24.1 Å². The molecule has 0 aliphatic heterocycles. The van der Waals surface area contributed by atoms with Crippen molar-refractivity contribution in [2.75, 3.05) is 7.05 Å². The summed E-state index contributed by atoms with van der Waals surface area (Å²) in [5.41, 5.74) is 4.41. The number of pyridine rings is 1. The number of nitrogens with zero attached hydrogens (tertiary/aromatic N) is 2. The van der Waals surface area contributed by atoms with Crippen LogP contribution in [-0.4, -0.2) is 39.4 Å². The van der Waals surface area contributed by atoms with E-state index in [4.69, 9.17) is 0 Å². The Bertz CT molecular complexity index is 1060. The summed E-state index contributed by atoms with van der Waals surface area (Å²) < 4.78 is 15.2. The molecule has 6 heteroatoms. The van der Waals surface area contributed by atoms with Gasteiger partial charge in [-0.05, 0) is 60.4 Å². The van der Waals surface area contributed by atoms with Crippen molar-refractivity contribution in [3.05, 3.63) is 76.9 Å². The van der Waals surface area contributed by atoms with Crippen LogP contribution in [0.25, 0.3) is 5.52 Å². The molecule has 0 bridgehead atoms. The Morgan fingerprint density at radius 1 is 1.21 bits per heavy atom. The van der Waals surface area contributed by atoms with E-state index in [9.17, 15) is 19.1 Å². The third-order valence-corrected chi connectivity index (χ3v) is 5.62. The van der Waals surface area contributed by atoms with Gasteiger partial charge in [-0.3, -0.25) is 9.59 Å². The molecule has 144 valence electrons. The molecular weight excluding hydrogens is 359 g/mol. The predicted octanol–water partition coefficient (Wildman–Crippen LogP) is 3.34. The number of carboxylic acid groups (broad SMARTS) is 1. The van der Waals surface area contributed by atoms with E-state index in [2.05, 4.69) is 4.40 Å². The molecule has 0 radical (unpaired) electrons. The van der Waals surface area contributed by atoms with E-state index in [-0.39, 0.29) is 24.2 Å². The molecule has 0 saturated heterocycles. The molecule has 1 amide bonds. The molecular formula is C22H21FN2O3. The van der Waals surface area contributed by atoms with Gasteiger partial charge in [0.2, 0.25) is 0 Å². The molecule has 1 N–H and O–H groups in total. The summed E-state index contributed by atoms with van der Waals surface area (Å²) in [7, 11) is 1.77. The number of likely N-dealkylation sites (N-methyl/N-ethyl adjacent to an activating group) is 1. The van der Waals surface area contributed by atoms with Crippen LogP contribution in [0.15, 0.2) is 48.7 Å². The van der Waals surface area contributed by atoms with Crippen molar-refractivity contribution in [1.82, 2.24) is 9.30 Å². The summed E-state index contributed by atoms with van der Waals surface area (Å²) in [5.74, 6) is -1.35. The molecule has 5 nitrogen and oxygen atoms in total. The van der Waals surface area contributed by atoms with Gasteiger partial charge in [-0.25, -0.2) is 4.39 Å². The largest absolute Gasteiger partial charge is 0.481 e. The van der Waals surface area contributed by atoms with Crippen LogP contribution in [0.3, 0.4) is 0 Å². The number of hydrogen-bond acceptors (Lipinski definition) is 2. The van der Waals surface area contributed by atoms with E-state index in [1.807, 2.05) is 24.4 Å². The quantitative estimate of drug-likeness (QED) is 0.755. The number of aromatic nitrogens is 1. The topological polar surface area (TPSA) is 62.0 Å². The minimum absolute atomic E-state index is 0.000960. The molecule has 1 atom stereocenters. The van der Waals surface area contributed by atoms with E-state index in [1.54, 1.807) is 11.9 Å². The molecule has 1 aliphatic rings. The number of benzene rings is 1. The molecule has 1 aromatic carbocycles. The van der Waals surface area contributed by atoms with Crippen LogP contribution in [0.4, 0.5) is 4.39 Å². The number of fused-ring (bicyclic) bond motifs is 3. The van der Waals surface area contributed by atoms with Crippen LogP contribution in [0, 0.1) is 5.82 Å². The van der Waals surface area contributed by atoms with Crippen molar-refractivity contribution in [3.8, 4) is 0 Å². The minimum Gasteiger partial charge on any atom is -0.481 e. The van der Waals surface area contributed by atoms with Gasteiger partial charge >= 0.3 is 5.97 Å². The molecule has 2 heterocycles. The van der Waals surface area contributed by atoms with Crippen LogP contribution < -0.4 is 0 Å². The zero-order valence-corrected chi connectivity index (χ0v) is 15.6. The van der Waals surface area contributed by atoms with E-state index in [0.717, 1.165) is 35.2 Å². The fourth-order valence-electron chi connectivity index (χ4n) is 4.19. The van der Waals surface area contributed by atoms with Crippen LogP contribution in [0.1, 0.15) is 33.6 Å². The first-order chi connectivity index (χ1) is 13.5. The highest BCUT2D eigenvalue weighted by molar-refractivity contribution is 5.94. The molecule has 3 aromatic rings. The maximum absolute atomic E-state index is 13.1. The monoisotopic (exact) mass is 380 g/mol. The van der Waals surface area contributed by atoms with Crippen molar-refractivity contribution < 1.29 is 19.1 Å². The number of amides is 1. The Morgan fingerprint density at radius 2 is 1.96 bits per heavy atom. The Labute approximate surface area is 162 Å². The van der Waals surface area contributed by atoms with Crippen molar-refractivity contribution in [1.29, 1.82) is 0 Å². The summed E-state index contributed by atoms with van der Waals surface area (Å²) >= 11 is 0. The lowest BCUT2D eigenvalue weighted by molar-refractivity contribution is -0.136. The Morgan fingerprint density at radius 3 is 2.68 bits per heavy atom. The zero-order chi connectivity index (χ0) is 19.8. The first-order valence-corrected chi connectivity index (χ1v) is 9.30. The van der Waals surface area contributed by atoms with E-state index >= 15 is 0 Å². The van der Waals surface area contributed by atoms with E-state index in [0.29, 0.717) is 12.0 Å². The summed E-state index contributed by atoms with van der Waals surface area (Å²) in [6.45, 7) is 0. The van der Waals surface area contributed by atoms with Crippen molar-refractivity contribution in [2.24, 2.45) is 0 Å². The number of rotatable bonds is 4. The average Bonchev–Trinajstić information content (AvgIpc) is 3.00. The fraction of sp³-hybridized carbons (Fsp3) is 0.273. The summed E-state index contributed by atoms with van der Waals surface area (Å²) in [5, 5.41) is 9.32. The summed E-state index contributed by atoms with van der Waals surface area (Å²) in [6.07, 6.45) is 4.09. The van der Waals surface area contributed by atoms with Gasteiger partial charge in [0, 0.05) is 42.5 Å². The number of halogens is 1. The number of carbonyl (C=O) groups excluding carboxylic acids is 1. The van der Waals surface area contributed by atoms with E-state index < -0.39 is 5.97 Å². The van der Waals surface area contributed by atoms with Crippen LogP contribution in [0.2, 0.25) is 0 Å². The minimum atomic E-state index is -0.843. The van der Waals surface area contributed by atoms with Crippen LogP contribution in [0.5, 0.6) is 0 Å². The van der Waals surface area contributed by atoms with Gasteiger partial charge in [0.25, 0.3) is 5.91 Å². The molecule has 0 unspecified atom stereocenters. The molecule has 0 fully saturated rings. The second-order valence-corrected chi connectivity index (χ2v) is 7.25. The number of aliphatic carboxylic acids is 1. The number of carboxylic acids is 1. The van der Waals surface area contributed by atoms with Crippen molar-refractivity contribution in [2.45, 2.75) is 31.7 Å². The second-order valence-electron chi connectivity index (χ2n) is 7.25. The Kier molecular flexibility index (Phi) is 4.63. The first-order valence-electron chi connectivity index (χ1n) is 9.30.